The molecule has 0 saturated heterocycles. The van der Waals surface area contributed by atoms with Crippen molar-refractivity contribution in [3.8, 4) is 0 Å². The van der Waals surface area contributed by atoms with E-state index in [1.54, 1.807) is 0 Å². The van der Waals surface area contributed by atoms with Gasteiger partial charge < -0.3 is 0 Å². The van der Waals surface area contributed by atoms with Gasteiger partial charge in [0.1, 0.15) is 0 Å². The van der Waals surface area contributed by atoms with E-state index >= 15 is 0 Å². The molecule has 1 rings (SSSR count). The van der Waals surface area contributed by atoms with Gasteiger partial charge in [0, 0.05) is 6.42 Å². The normalized spacial score (nSPS) is 28.5. The lowest BCUT2D eigenvalue weighted by Crippen LogP contribution is -2.08. The van der Waals surface area contributed by atoms with Crippen molar-refractivity contribution in [3.63, 3.8) is 0 Å². The highest BCUT2D eigenvalue weighted by atomic mass is 32.2. The molecule has 1 saturated carbocycles. The molecule has 0 aromatic carbocycles. The highest BCUT2D eigenvalue weighted by molar-refractivity contribution is 7.85. The zero-order valence-electron chi connectivity index (χ0n) is 5.88. The van der Waals surface area contributed by atoms with Crippen LogP contribution in [0.4, 0.5) is 8.78 Å². The lowest BCUT2D eigenvalue weighted by molar-refractivity contribution is 0.0867. The van der Waals surface area contributed by atoms with Crippen molar-refractivity contribution in [3.05, 3.63) is 0 Å². The zero-order valence-corrected chi connectivity index (χ0v) is 6.70. The first-order chi connectivity index (χ1) is 4.81. The Hall–Kier alpha value is -0.230. The molecule has 11 heavy (non-hydrogen) atoms. The molecule has 0 amide bonds. The Kier molecular flexibility index (Phi) is 1.92. The van der Waals surface area contributed by atoms with Crippen LogP contribution in [0, 0.1) is 5.92 Å². The monoisotopic (exact) mass is 186 g/mol. The van der Waals surface area contributed by atoms with Crippen molar-refractivity contribution < 1.29 is 21.4 Å². The van der Waals surface area contributed by atoms with Crippen LogP contribution in [-0.2, 0) is 14.3 Å². The van der Waals surface area contributed by atoms with Gasteiger partial charge in [-0.25, -0.2) is 8.78 Å². The van der Waals surface area contributed by atoms with Gasteiger partial charge in [-0.1, -0.05) is 0 Å². The minimum atomic E-state index is -3.56. The molecule has 1 aliphatic rings. The van der Waals surface area contributed by atoms with Gasteiger partial charge in [-0.05, 0) is 0 Å². The molecule has 6 heteroatoms. The van der Waals surface area contributed by atoms with Gasteiger partial charge in [0.25, 0.3) is 16.0 Å². The molecule has 1 atom stereocenters. The lowest BCUT2D eigenvalue weighted by atomic mass is 10.5. The highest BCUT2D eigenvalue weighted by Crippen LogP contribution is 2.48. The minimum absolute atomic E-state index is 0.261. The summed E-state index contributed by atoms with van der Waals surface area (Å²) in [7, 11) is -3.56. The number of halogens is 2. The Morgan fingerprint density at radius 3 is 2.36 bits per heavy atom. The summed E-state index contributed by atoms with van der Waals surface area (Å²) < 4.78 is 49.0. The minimum Gasteiger partial charge on any atom is -0.270 e. The Morgan fingerprint density at radius 1 is 1.64 bits per heavy atom. The summed E-state index contributed by atoms with van der Waals surface area (Å²) in [6.45, 7) is -0.397. The molecule has 0 aliphatic heterocycles. The highest BCUT2D eigenvalue weighted by Gasteiger charge is 2.57. The fourth-order valence-electron chi connectivity index (χ4n) is 0.656. The summed E-state index contributed by atoms with van der Waals surface area (Å²) in [6.07, 6.45) is 0.579. The van der Waals surface area contributed by atoms with Crippen molar-refractivity contribution >= 4 is 10.1 Å². The summed E-state index contributed by atoms with van der Waals surface area (Å²) in [4.78, 5) is 0. The lowest BCUT2D eigenvalue weighted by Gasteiger charge is -1.98. The summed E-state index contributed by atoms with van der Waals surface area (Å²) in [5.74, 6) is -3.61. The molecule has 0 bridgehead atoms. The number of hydrogen-bond acceptors (Lipinski definition) is 3. The Bertz CT molecular complexity index is 246. The van der Waals surface area contributed by atoms with E-state index in [2.05, 4.69) is 4.18 Å². The van der Waals surface area contributed by atoms with E-state index in [1.165, 1.54) is 0 Å². The van der Waals surface area contributed by atoms with Gasteiger partial charge >= 0.3 is 0 Å². The summed E-state index contributed by atoms with van der Waals surface area (Å²) in [6, 6.07) is 0. The molecule has 0 N–H and O–H groups in total. The topological polar surface area (TPSA) is 43.4 Å². The predicted octanol–water partition coefficient (Wildman–Crippen LogP) is 0.618. The van der Waals surface area contributed by atoms with Crippen molar-refractivity contribution in [2.75, 3.05) is 12.9 Å². The molecular formula is C5H8F2O3S. The standard InChI is InChI=1S/C5H8F2O3S/c1-11(8,9)10-3-4-2-5(4,6)7/h4H,2-3H2,1H3/t4-/m1/s1. The van der Waals surface area contributed by atoms with Crippen LogP contribution in [-0.4, -0.2) is 27.2 Å². The van der Waals surface area contributed by atoms with Gasteiger partial charge in [0.15, 0.2) is 0 Å². The van der Waals surface area contributed by atoms with E-state index in [-0.39, 0.29) is 6.42 Å². The first-order valence-corrected chi connectivity index (χ1v) is 4.85. The first-order valence-electron chi connectivity index (χ1n) is 3.03. The summed E-state index contributed by atoms with van der Waals surface area (Å²) in [5.41, 5.74) is 0. The molecule has 1 fully saturated rings. The van der Waals surface area contributed by atoms with Crippen LogP contribution >= 0.6 is 0 Å². The smallest absolute Gasteiger partial charge is 0.264 e. The second-order valence-electron chi connectivity index (χ2n) is 2.65. The number of hydrogen-bond donors (Lipinski definition) is 0. The molecule has 3 nitrogen and oxygen atoms in total. The van der Waals surface area contributed by atoms with E-state index in [1.807, 2.05) is 0 Å². The van der Waals surface area contributed by atoms with Crippen molar-refractivity contribution in [1.29, 1.82) is 0 Å². The maximum atomic E-state index is 12.1. The van der Waals surface area contributed by atoms with Crippen LogP contribution in [0.1, 0.15) is 6.42 Å². The Labute approximate surface area is 63.5 Å². The van der Waals surface area contributed by atoms with Crippen LogP contribution < -0.4 is 0 Å². The number of alkyl halides is 2. The molecule has 0 unspecified atom stereocenters. The van der Waals surface area contributed by atoms with E-state index < -0.39 is 28.6 Å². The van der Waals surface area contributed by atoms with Crippen LogP contribution in [0.3, 0.4) is 0 Å². The third kappa shape index (κ3) is 2.70. The third-order valence-corrected chi connectivity index (χ3v) is 2.00. The van der Waals surface area contributed by atoms with Crippen LogP contribution in [0.25, 0.3) is 0 Å². The van der Waals surface area contributed by atoms with Crippen LogP contribution in [0.2, 0.25) is 0 Å². The summed E-state index contributed by atoms with van der Waals surface area (Å²) in [5, 5.41) is 0. The molecule has 66 valence electrons. The molecule has 0 aromatic rings. The second kappa shape index (κ2) is 2.38. The van der Waals surface area contributed by atoms with E-state index in [4.69, 9.17) is 0 Å². The molecule has 0 heterocycles. The third-order valence-electron chi connectivity index (χ3n) is 1.44. The molecule has 0 spiro atoms. The fraction of sp³-hybridized carbons (Fsp3) is 1.00. The van der Waals surface area contributed by atoms with Crippen molar-refractivity contribution in [2.45, 2.75) is 12.3 Å². The predicted molar refractivity (Wildman–Crippen MR) is 33.8 cm³/mol. The van der Waals surface area contributed by atoms with Gasteiger partial charge in [-0.2, -0.15) is 8.42 Å². The maximum absolute atomic E-state index is 12.1. The van der Waals surface area contributed by atoms with Gasteiger partial charge in [0.2, 0.25) is 0 Å². The quantitative estimate of drug-likeness (QED) is 0.607. The van der Waals surface area contributed by atoms with E-state index in [9.17, 15) is 17.2 Å². The molecule has 0 aromatic heterocycles. The van der Waals surface area contributed by atoms with Crippen LogP contribution in [0.15, 0.2) is 0 Å². The van der Waals surface area contributed by atoms with Gasteiger partial charge in [-0.3, -0.25) is 4.18 Å². The molecular weight excluding hydrogens is 178 g/mol. The fourth-order valence-corrected chi connectivity index (χ4v) is 1.07. The van der Waals surface area contributed by atoms with Gasteiger partial charge in [0.05, 0.1) is 18.8 Å². The average molecular weight is 186 g/mol. The second-order valence-corrected chi connectivity index (χ2v) is 4.29. The van der Waals surface area contributed by atoms with E-state index in [0.29, 0.717) is 0 Å². The Morgan fingerprint density at radius 2 is 2.09 bits per heavy atom. The Balaban J connectivity index is 2.27. The van der Waals surface area contributed by atoms with Crippen molar-refractivity contribution in [1.82, 2.24) is 0 Å². The summed E-state index contributed by atoms with van der Waals surface area (Å²) >= 11 is 0. The molecule has 0 radical (unpaired) electrons. The van der Waals surface area contributed by atoms with Gasteiger partial charge in [-0.15, -0.1) is 0 Å². The number of rotatable bonds is 3. The van der Waals surface area contributed by atoms with E-state index in [0.717, 1.165) is 6.26 Å². The first kappa shape index (κ1) is 8.86. The van der Waals surface area contributed by atoms with Crippen molar-refractivity contribution in [2.24, 2.45) is 5.92 Å². The molecule has 1 aliphatic carbocycles. The van der Waals surface area contributed by atoms with Crippen LogP contribution in [0.5, 0.6) is 0 Å². The average Bonchev–Trinajstić information content (AvgIpc) is 2.33. The zero-order chi connectivity index (χ0) is 8.70. The largest absolute Gasteiger partial charge is 0.270 e. The SMILES string of the molecule is CS(=O)(=O)OC[C@H]1CC1(F)F. The maximum Gasteiger partial charge on any atom is 0.264 e.